The summed E-state index contributed by atoms with van der Waals surface area (Å²) in [5.74, 6) is 0. The van der Waals surface area contributed by atoms with E-state index >= 15 is 0 Å². The molecular weight excluding hydrogens is 7730 g/mol. The summed E-state index contributed by atoms with van der Waals surface area (Å²) in [4.78, 5) is 0. The van der Waals surface area contributed by atoms with Crippen LogP contribution < -0.4 is 0 Å². The molecule has 0 bridgehead atoms. The third kappa shape index (κ3) is 403. The van der Waals surface area contributed by atoms with Crippen LogP contribution in [0.25, 0.3) is 0 Å². The van der Waals surface area contributed by atoms with E-state index in [-0.39, 0.29) is 892 Å². The van der Waals surface area contributed by atoms with Crippen molar-refractivity contribution in [3.63, 3.8) is 0 Å². The van der Waals surface area contributed by atoms with E-state index in [0.29, 0.717) is 0 Å². The van der Waals surface area contributed by atoms with Gasteiger partial charge in [-0.25, -0.2) is 0 Å². The molecule has 0 aromatic heterocycles. The second-order valence-corrected chi connectivity index (χ2v) is 0. The molecule has 0 aliphatic heterocycles. The summed E-state index contributed by atoms with van der Waals surface area (Å²) in [6.45, 7) is 0. The van der Waals surface area contributed by atoms with Crippen molar-refractivity contribution in [1.82, 2.24) is 0 Å². The largest absolute Gasteiger partial charge is 0.358 e. The summed E-state index contributed by atoms with van der Waals surface area (Å²) in [6.07, 6.45) is 0. The van der Waals surface area contributed by atoms with E-state index in [1.165, 1.54) is 0 Å². The normalized spacial score (nSPS) is 0. The molecule has 0 radical (unpaired) electrons. The molecule has 0 atom stereocenters. The zero-order valence-electron chi connectivity index (χ0n) is 18.1. The van der Waals surface area contributed by atoms with Crippen LogP contribution in [0, 0.1) is 7.43 Å². The Hall–Kier alpha value is 28.9. The Labute approximate surface area is 865 Å². The average molecular weight is 7740 g/mol. The summed E-state index contributed by atoms with van der Waals surface area (Å²) in [6, 6.07) is 0. The second kappa shape index (κ2) is 415. The van der Waals surface area contributed by atoms with E-state index in [0.717, 1.165) is 0 Å². The molecule has 0 rings (SSSR count). The maximum absolute atomic E-state index is 0. The van der Waals surface area contributed by atoms with Crippen LogP contribution >= 0.6 is 0 Å². The van der Waals surface area contributed by atoms with Crippen LogP contribution in [0.15, 0.2) is 0 Å². The van der Waals surface area contributed by atoms with Crippen LogP contribution in [0.3, 0.4) is 0 Å². The summed E-state index contributed by atoms with van der Waals surface area (Å²) in [5.41, 5.74) is 0. The summed E-state index contributed by atoms with van der Waals surface area (Å²) >= 11 is 0. The standard InChI is InChI=1S/CH3.42W/h1H3;;;;;;;;;;;;;;;;;;;;;;;;;;;;;;;;;;;;;;;;;;/q-1;;;;;;;;;;;;;;;;;;;;;;;;;;;;;;;;;;;;;;;;;;. The first-order chi connectivity index (χ1) is 0. The van der Waals surface area contributed by atoms with Gasteiger partial charge in [-0.05, 0) is 0 Å². The van der Waals surface area contributed by atoms with E-state index in [4.69, 9.17) is 0 Å². The topological polar surface area (TPSA) is 0 Å². The maximum Gasteiger partial charge on any atom is 0 e. The quantitative estimate of drug-likeness (QED) is 0.308. The molecule has 0 nitrogen and oxygen atoms in total. The van der Waals surface area contributed by atoms with Gasteiger partial charge in [-0.15, -0.1) is 0 Å². The van der Waals surface area contributed by atoms with Gasteiger partial charge in [-0.1, -0.05) is 0 Å². The predicted molar refractivity (Wildman–Crippen MR) is 6.41 cm³/mol. The van der Waals surface area contributed by atoms with Crippen molar-refractivity contribution in [3.8, 4) is 0 Å². The maximum atomic E-state index is 0. The first-order valence-corrected chi connectivity index (χ1v) is 0. The first kappa shape index (κ1) is 433. The molecule has 0 spiro atoms. The molecule has 0 aliphatic carbocycles. The van der Waals surface area contributed by atoms with Gasteiger partial charge in [0, 0.05) is 885 Å². The van der Waals surface area contributed by atoms with Crippen LogP contribution in [-0.2, 0) is 885 Å². The Bertz CT molecular complexity index is 6.85. The van der Waals surface area contributed by atoms with E-state index < -0.39 is 0 Å². The first-order valence-electron chi connectivity index (χ1n) is 0. The van der Waals surface area contributed by atoms with Crippen molar-refractivity contribution in [2.24, 2.45) is 0 Å². The predicted octanol–water partition coefficient (Wildman–Crippen LogP) is 0.345. The van der Waals surface area contributed by atoms with E-state index in [1.807, 2.05) is 0 Å². The van der Waals surface area contributed by atoms with E-state index in [2.05, 4.69) is 0 Å². The summed E-state index contributed by atoms with van der Waals surface area (Å²) < 4.78 is 0. The zero-order chi connectivity index (χ0) is 0. The molecule has 0 amide bonds. The number of rotatable bonds is 0. The Morgan fingerprint density at radius 1 is 0.0465 bits per heavy atom. The molecule has 0 N–H and O–H groups in total. The molecule has 42 heteroatoms. The Balaban J connectivity index is 0. The van der Waals surface area contributed by atoms with Gasteiger partial charge in [-0.3, -0.25) is 0 Å². The van der Waals surface area contributed by atoms with E-state index in [1.54, 1.807) is 0 Å². The Morgan fingerprint density at radius 2 is 0.0465 bits per heavy atom. The van der Waals surface area contributed by atoms with Crippen molar-refractivity contribution in [2.45, 2.75) is 0 Å². The molecule has 0 fully saturated rings. The van der Waals surface area contributed by atoms with Gasteiger partial charge in [0.05, 0.1) is 0 Å². The van der Waals surface area contributed by atoms with Crippen molar-refractivity contribution in [3.05, 3.63) is 7.43 Å². The number of hydrogen-bond acceptors (Lipinski definition) is 0. The van der Waals surface area contributed by atoms with Gasteiger partial charge in [0.25, 0.3) is 0 Å². The summed E-state index contributed by atoms with van der Waals surface area (Å²) in [5, 5.41) is 0. The fourth-order valence-electron chi connectivity index (χ4n) is 0. The molecule has 0 aliphatic rings. The number of hydrogen-bond donors (Lipinski definition) is 0. The van der Waals surface area contributed by atoms with Crippen molar-refractivity contribution < 1.29 is 885 Å². The molecule has 0 aromatic rings. The molecule has 0 saturated carbocycles. The SMILES string of the molecule is [CH3-].[W].[W].[W].[W].[W].[W].[W].[W].[W].[W].[W].[W].[W].[W].[W].[W].[W].[W].[W].[W].[W].[W].[W].[W].[W].[W].[W].[W].[W].[W].[W].[W].[W].[W].[W].[W].[W].[W].[W].[W].[W].[W]. The summed E-state index contributed by atoms with van der Waals surface area (Å²) in [7, 11) is 0. The van der Waals surface area contributed by atoms with Crippen molar-refractivity contribution in [2.75, 3.05) is 0 Å². The fraction of sp³-hybridized carbons (Fsp3) is 0. The molecule has 0 aromatic carbocycles. The van der Waals surface area contributed by atoms with Gasteiger partial charge in [0.1, 0.15) is 0 Å². The molecular formula is CH3W42-. The van der Waals surface area contributed by atoms with E-state index in [9.17, 15) is 0 Å². The van der Waals surface area contributed by atoms with Crippen molar-refractivity contribution >= 4 is 0 Å². The van der Waals surface area contributed by atoms with Crippen LogP contribution in [0.4, 0.5) is 0 Å². The van der Waals surface area contributed by atoms with Gasteiger partial charge in [-0.2, -0.15) is 0 Å². The van der Waals surface area contributed by atoms with Crippen LogP contribution in [0.1, 0.15) is 0 Å². The van der Waals surface area contributed by atoms with Gasteiger partial charge in [0.2, 0.25) is 0 Å². The third-order valence-electron chi connectivity index (χ3n) is 0. The second-order valence-electron chi connectivity index (χ2n) is 0. The minimum Gasteiger partial charge on any atom is -0.358 e. The molecule has 260 valence electrons. The Morgan fingerprint density at radius 3 is 0.0465 bits per heavy atom. The molecule has 0 heterocycles. The molecule has 0 saturated heterocycles. The fourth-order valence-corrected chi connectivity index (χ4v) is 0. The average Bonchev–Trinajstić information content (AvgIpc) is 0. The smallest absolute Gasteiger partial charge is 0 e. The van der Waals surface area contributed by atoms with Crippen LogP contribution in [0.2, 0.25) is 0 Å². The molecule has 0 unspecified atom stereocenters. The Kier molecular flexibility index (Phi) is 4170. The molecule has 43 heavy (non-hydrogen) atoms. The minimum atomic E-state index is 0. The minimum absolute atomic E-state index is 0. The third-order valence-corrected chi connectivity index (χ3v) is 0. The van der Waals surface area contributed by atoms with Gasteiger partial charge >= 0.3 is 0 Å². The van der Waals surface area contributed by atoms with Gasteiger partial charge < -0.3 is 7.43 Å². The monoisotopic (exact) mass is 7740 g/mol. The zero-order valence-corrected chi connectivity index (χ0v) is 141. The van der Waals surface area contributed by atoms with Gasteiger partial charge in [0.15, 0.2) is 0 Å². The van der Waals surface area contributed by atoms with Crippen molar-refractivity contribution in [1.29, 1.82) is 0 Å². The van der Waals surface area contributed by atoms with Crippen LogP contribution in [-0.4, -0.2) is 0 Å². The van der Waals surface area contributed by atoms with Crippen LogP contribution in [0.5, 0.6) is 0 Å².